The summed E-state index contributed by atoms with van der Waals surface area (Å²) in [5.41, 5.74) is 0.494. The van der Waals surface area contributed by atoms with Gasteiger partial charge in [-0.05, 0) is 13.8 Å². The highest BCUT2D eigenvalue weighted by Crippen LogP contribution is 2.03. The zero-order valence-corrected chi connectivity index (χ0v) is 9.20. The number of rotatable bonds is 4. The van der Waals surface area contributed by atoms with E-state index in [9.17, 15) is 14.4 Å². The van der Waals surface area contributed by atoms with Crippen molar-refractivity contribution in [2.75, 3.05) is 6.61 Å². The second-order valence-corrected chi connectivity index (χ2v) is 3.39. The number of hydrogen-bond donors (Lipinski definition) is 2. The molecule has 0 unspecified atom stereocenters. The first-order valence-corrected chi connectivity index (χ1v) is 4.98. The fraction of sp³-hybridized carbons (Fsp3) is 0.500. The molecule has 0 saturated carbocycles. The molecule has 0 aromatic rings. The molecule has 0 aliphatic carbocycles. The SMILES string of the molecule is CCOC(=O)/C=C(\C)N[C@H]1CC(=O)NC1=O. The summed E-state index contributed by atoms with van der Waals surface area (Å²) in [4.78, 5) is 33.1. The molecule has 16 heavy (non-hydrogen) atoms. The maximum Gasteiger partial charge on any atom is 0.332 e. The zero-order valence-electron chi connectivity index (χ0n) is 9.20. The number of amides is 2. The van der Waals surface area contributed by atoms with Gasteiger partial charge >= 0.3 is 5.97 Å². The summed E-state index contributed by atoms with van der Waals surface area (Å²) in [6.07, 6.45) is 1.34. The molecule has 6 heteroatoms. The van der Waals surface area contributed by atoms with Crippen molar-refractivity contribution in [2.45, 2.75) is 26.3 Å². The van der Waals surface area contributed by atoms with Crippen LogP contribution >= 0.6 is 0 Å². The Kier molecular flexibility index (Phi) is 4.04. The van der Waals surface area contributed by atoms with Crippen LogP contribution in [0.4, 0.5) is 0 Å². The van der Waals surface area contributed by atoms with Crippen LogP contribution in [0.5, 0.6) is 0 Å². The van der Waals surface area contributed by atoms with E-state index in [-0.39, 0.29) is 18.2 Å². The lowest BCUT2D eigenvalue weighted by atomic mass is 10.2. The van der Waals surface area contributed by atoms with Gasteiger partial charge in [-0.25, -0.2) is 4.79 Å². The minimum absolute atomic E-state index is 0.0901. The second kappa shape index (κ2) is 5.29. The predicted octanol–water partition coefficient (Wildman–Crippen LogP) is -0.542. The Labute approximate surface area is 93.0 Å². The predicted molar refractivity (Wildman–Crippen MR) is 55.1 cm³/mol. The van der Waals surface area contributed by atoms with E-state index in [0.717, 1.165) is 0 Å². The third kappa shape index (κ3) is 3.38. The first-order valence-electron chi connectivity index (χ1n) is 4.98. The number of imide groups is 1. The molecule has 1 rings (SSSR count). The van der Waals surface area contributed by atoms with Crippen molar-refractivity contribution in [1.29, 1.82) is 0 Å². The van der Waals surface area contributed by atoms with Crippen molar-refractivity contribution in [3.05, 3.63) is 11.8 Å². The molecule has 0 bridgehead atoms. The molecule has 1 atom stereocenters. The summed E-state index contributed by atoms with van der Waals surface area (Å²) in [6, 6.07) is -0.599. The zero-order chi connectivity index (χ0) is 12.1. The molecule has 0 radical (unpaired) electrons. The molecule has 1 heterocycles. The second-order valence-electron chi connectivity index (χ2n) is 3.39. The van der Waals surface area contributed by atoms with Crippen molar-refractivity contribution >= 4 is 17.8 Å². The van der Waals surface area contributed by atoms with E-state index >= 15 is 0 Å². The summed E-state index contributed by atoms with van der Waals surface area (Å²) in [5, 5.41) is 4.94. The Hall–Kier alpha value is -1.85. The van der Waals surface area contributed by atoms with Gasteiger partial charge in [0.15, 0.2) is 0 Å². The Morgan fingerprint density at radius 1 is 1.62 bits per heavy atom. The van der Waals surface area contributed by atoms with E-state index in [1.807, 2.05) is 0 Å². The lowest BCUT2D eigenvalue weighted by molar-refractivity contribution is -0.137. The van der Waals surface area contributed by atoms with Gasteiger partial charge in [-0.15, -0.1) is 0 Å². The molecule has 6 nitrogen and oxygen atoms in total. The van der Waals surface area contributed by atoms with Crippen LogP contribution in [0.3, 0.4) is 0 Å². The molecule has 2 amide bonds. The molecule has 2 N–H and O–H groups in total. The fourth-order valence-electron chi connectivity index (χ4n) is 1.35. The average Bonchev–Trinajstić information content (AvgIpc) is 2.44. The molecule has 1 saturated heterocycles. The first kappa shape index (κ1) is 12.2. The van der Waals surface area contributed by atoms with Crippen LogP contribution in [0.2, 0.25) is 0 Å². The summed E-state index contributed by atoms with van der Waals surface area (Å²) in [5.74, 6) is -1.16. The van der Waals surface area contributed by atoms with Crippen molar-refractivity contribution in [1.82, 2.24) is 10.6 Å². The average molecular weight is 226 g/mol. The van der Waals surface area contributed by atoms with E-state index in [2.05, 4.69) is 10.6 Å². The van der Waals surface area contributed by atoms with Crippen molar-refractivity contribution in [3.8, 4) is 0 Å². The van der Waals surface area contributed by atoms with E-state index in [1.54, 1.807) is 13.8 Å². The van der Waals surface area contributed by atoms with Crippen molar-refractivity contribution in [3.63, 3.8) is 0 Å². The maximum absolute atomic E-state index is 11.2. The number of allylic oxidation sites excluding steroid dienone is 1. The first-order chi connectivity index (χ1) is 7.52. The van der Waals surface area contributed by atoms with E-state index in [0.29, 0.717) is 12.3 Å². The van der Waals surface area contributed by atoms with Gasteiger partial charge in [-0.1, -0.05) is 0 Å². The van der Waals surface area contributed by atoms with Crippen LogP contribution < -0.4 is 10.6 Å². The van der Waals surface area contributed by atoms with Crippen LogP contribution in [-0.4, -0.2) is 30.4 Å². The fourth-order valence-corrected chi connectivity index (χ4v) is 1.35. The number of carbonyl (C=O) groups is 3. The summed E-state index contributed by atoms with van der Waals surface area (Å²) in [6.45, 7) is 3.63. The lowest BCUT2D eigenvalue weighted by Gasteiger charge is -2.10. The van der Waals surface area contributed by atoms with Gasteiger partial charge in [0.1, 0.15) is 6.04 Å². The van der Waals surface area contributed by atoms with Gasteiger partial charge in [0.25, 0.3) is 0 Å². The largest absolute Gasteiger partial charge is 0.463 e. The van der Waals surface area contributed by atoms with E-state index < -0.39 is 12.0 Å². The normalized spacial score (nSPS) is 20.6. The number of carbonyl (C=O) groups excluding carboxylic acids is 3. The molecule has 0 aromatic heterocycles. The van der Waals surface area contributed by atoms with Gasteiger partial charge in [-0.2, -0.15) is 0 Å². The third-order valence-corrected chi connectivity index (χ3v) is 1.99. The number of hydrogen-bond acceptors (Lipinski definition) is 5. The molecule has 0 spiro atoms. The van der Waals surface area contributed by atoms with Gasteiger partial charge in [0.05, 0.1) is 13.0 Å². The van der Waals surface area contributed by atoms with Gasteiger partial charge < -0.3 is 10.1 Å². The number of ether oxygens (including phenoxy) is 1. The van der Waals surface area contributed by atoms with Crippen molar-refractivity contribution in [2.24, 2.45) is 0 Å². The maximum atomic E-state index is 11.2. The van der Waals surface area contributed by atoms with Crippen LogP contribution in [0, 0.1) is 0 Å². The third-order valence-electron chi connectivity index (χ3n) is 1.99. The monoisotopic (exact) mass is 226 g/mol. The van der Waals surface area contributed by atoms with E-state index in [4.69, 9.17) is 4.74 Å². The minimum atomic E-state index is -0.599. The van der Waals surface area contributed by atoms with Gasteiger partial charge in [-0.3, -0.25) is 14.9 Å². The standard InChI is InChI=1S/C10H14N2O4/c1-3-16-9(14)4-6(2)11-7-5-8(13)12-10(7)15/h4,7,11H,3,5H2,1-2H3,(H,12,13,15)/b6-4+/t7-/m0/s1. The highest BCUT2D eigenvalue weighted by atomic mass is 16.5. The molecular weight excluding hydrogens is 212 g/mol. The highest BCUT2D eigenvalue weighted by Gasteiger charge is 2.30. The Morgan fingerprint density at radius 2 is 2.31 bits per heavy atom. The molecule has 88 valence electrons. The van der Waals surface area contributed by atoms with Crippen LogP contribution in [0.25, 0.3) is 0 Å². The smallest absolute Gasteiger partial charge is 0.332 e. The van der Waals surface area contributed by atoms with Gasteiger partial charge in [0, 0.05) is 11.8 Å². The molecule has 1 fully saturated rings. The minimum Gasteiger partial charge on any atom is -0.463 e. The summed E-state index contributed by atoms with van der Waals surface area (Å²) in [7, 11) is 0. The van der Waals surface area contributed by atoms with Crippen molar-refractivity contribution < 1.29 is 19.1 Å². The number of esters is 1. The Morgan fingerprint density at radius 3 is 2.81 bits per heavy atom. The molecular formula is C10H14N2O4. The van der Waals surface area contributed by atoms with E-state index in [1.165, 1.54) is 6.08 Å². The molecule has 0 aromatic carbocycles. The topological polar surface area (TPSA) is 84.5 Å². The van der Waals surface area contributed by atoms with Crippen LogP contribution in [0.1, 0.15) is 20.3 Å². The Bertz CT molecular complexity index is 349. The number of nitrogens with one attached hydrogen (secondary N) is 2. The molecule has 1 aliphatic heterocycles. The van der Waals surface area contributed by atoms with Gasteiger partial charge in [0.2, 0.25) is 11.8 Å². The van der Waals surface area contributed by atoms with Crippen LogP contribution in [0.15, 0.2) is 11.8 Å². The van der Waals surface area contributed by atoms with Crippen LogP contribution in [-0.2, 0) is 19.1 Å². The quantitative estimate of drug-likeness (QED) is 0.382. The summed E-state index contributed by atoms with van der Waals surface area (Å²) >= 11 is 0. The highest BCUT2D eigenvalue weighted by molar-refractivity contribution is 6.05. The Balaban J connectivity index is 2.51. The lowest BCUT2D eigenvalue weighted by Crippen LogP contribution is -2.35. The molecule has 1 aliphatic rings. The summed E-state index contributed by atoms with van der Waals surface area (Å²) < 4.78 is 4.70.